The highest BCUT2D eigenvalue weighted by molar-refractivity contribution is 7.95. The molecule has 0 radical (unpaired) electrons. The summed E-state index contributed by atoms with van der Waals surface area (Å²) in [6.07, 6.45) is 1.64. The average Bonchev–Trinajstić information content (AvgIpc) is 2.91. The predicted octanol–water partition coefficient (Wildman–Crippen LogP) is 6.48. The molecule has 0 aliphatic heterocycles. The molecule has 0 saturated heterocycles. The van der Waals surface area contributed by atoms with Crippen molar-refractivity contribution in [2.45, 2.75) is 12.6 Å². The minimum Gasteiger partial charge on any atom is -0.508 e. The summed E-state index contributed by atoms with van der Waals surface area (Å²) in [5.74, 6) is 0.351. The van der Waals surface area contributed by atoms with Crippen LogP contribution in [0.4, 0.5) is 0 Å². The van der Waals surface area contributed by atoms with Crippen LogP contribution in [0.25, 0.3) is 0 Å². The first-order chi connectivity index (χ1) is 16.8. The molecular weight excluding hydrogens is 431 g/mol. The number of hydrogen-bond donors (Lipinski definition) is 1. The van der Waals surface area contributed by atoms with E-state index in [2.05, 4.69) is 115 Å². The number of benzene rings is 5. The minimum atomic E-state index is -2.05. The van der Waals surface area contributed by atoms with Crippen LogP contribution < -0.4 is 15.9 Å². The number of rotatable bonds is 7. The summed E-state index contributed by atoms with van der Waals surface area (Å²) in [6.45, 7) is 0. The molecule has 2 heteroatoms. The van der Waals surface area contributed by atoms with Crippen LogP contribution in [0.1, 0.15) is 16.7 Å². The van der Waals surface area contributed by atoms with Crippen LogP contribution >= 0.6 is 7.26 Å². The highest BCUT2D eigenvalue weighted by Crippen LogP contribution is 2.59. The van der Waals surface area contributed by atoms with Gasteiger partial charge in [-0.3, -0.25) is 0 Å². The Morgan fingerprint density at radius 1 is 0.471 bits per heavy atom. The van der Waals surface area contributed by atoms with Crippen LogP contribution in [-0.2, 0) is 12.6 Å². The Hall–Kier alpha value is -3.67. The third-order valence-corrected chi connectivity index (χ3v) is 10.9. The lowest BCUT2D eigenvalue weighted by molar-refractivity contribution is 0.469. The summed E-state index contributed by atoms with van der Waals surface area (Å²) in [5.41, 5.74) is 3.55. The van der Waals surface area contributed by atoms with E-state index in [-0.39, 0.29) is 0 Å². The molecular formula is C32H28OP+. The molecule has 0 amide bonds. The molecule has 0 aliphatic rings. The van der Waals surface area contributed by atoms with Gasteiger partial charge in [-0.2, -0.15) is 0 Å². The molecule has 5 aromatic rings. The highest BCUT2D eigenvalue weighted by Gasteiger charge is 2.46. The first-order valence-corrected chi connectivity index (χ1v) is 13.6. The first-order valence-electron chi connectivity index (χ1n) is 11.7. The maximum atomic E-state index is 10.5. The topological polar surface area (TPSA) is 20.2 Å². The lowest BCUT2D eigenvalue weighted by Gasteiger charge is -2.29. The fourth-order valence-electron chi connectivity index (χ4n) is 4.82. The van der Waals surface area contributed by atoms with Gasteiger partial charge in [0.15, 0.2) is 0 Å². The summed E-state index contributed by atoms with van der Waals surface area (Å²) < 4.78 is 0. The van der Waals surface area contributed by atoms with Gasteiger partial charge < -0.3 is 5.11 Å². The maximum absolute atomic E-state index is 10.5. The Bertz CT molecular complexity index is 1310. The fourth-order valence-corrected chi connectivity index (χ4v) is 9.31. The lowest BCUT2D eigenvalue weighted by atomic mass is 10.0. The number of para-hydroxylation sites is 1. The second-order valence-corrected chi connectivity index (χ2v) is 12.0. The van der Waals surface area contributed by atoms with Crippen molar-refractivity contribution in [3.8, 4) is 5.75 Å². The molecule has 166 valence electrons. The van der Waals surface area contributed by atoms with Crippen LogP contribution in [0.15, 0.2) is 140 Å². The second kappa shape index (κ2) is 10.1. The van der Waals surface area contributed by atoms with E-state index in [0.717, 1.165) is 11.7 Å². The molecule has 0 fully saturated rings. The summed E-state index contributed by atoms with van der Waals surface area (Å²) in [5, 5.41) is 14.7. The molecule has 0 spiro atoms. The fraction of sp³-hybridized carbons (Fsp3) is 0.0625. The van der Waals surface area contributed by atoms with E-state index in [0.29, 0.717) is 12.2 Å². The molecule has 0 atom stereocenters. The van der Waals surface area contributed by atoms with Crippen molar-refractivity contribution in [1.82, 2.24) is 0 Å². The smallest absolute Gasteiger partial charge is 0.119 e. The third-order valence-electron chi connectivity index (χ3n) is 6.43. The molecule has 0 unspecified atom stereocenters. The molecule has 0 saturated carbocycles. The van der Waals surface area contributed by atoms with Crippen molar-refractivity contribution in [2.24, 2.45) is 0 Å². The first kappa shape index (κ1) is 22.1. The predicted molar refractivity (Wildman–Crippen MR) is 146 cm³/mol. The van der Waals surface area contributed by atoms with Crippen molar-refractivity contribution in [3.05, 3.63) is 156 Å². The Morgan fingerprint density at radius 2 is 0.941 bits per heavy atom. The van der Waals surface area contributed by atoms with Gasteiger partial charge >= 0.3 is 0 Å². The van der Waals surface area contributed by atoms with Crippen molar-refractivity contribution in [2.75, 3.05) is 0 Å². The highest BCUT2D eigenvalue weighted by atomic mass is 31.2. The molecule has 1 nitrogen and oxygen atoms in total. The number of phenolic OH excluding ortho intramolecular Hbond substituents is 1. The molecule has 0 bridgehead atoms. The lowest BCUT2D eigenvalue weighted by Crippen LogP contribution is -2.34. The molecule has 0 heterocycles. The van der Waals surface area contributed by atoms with Gasteiger partial charge in [-0.1, -0.05) is 103 Å². The Balaban J connectivity index is 1.78. The zero-order chi connectivity index (χ0) is 23.2. The van der Waals surface area contributed by atoms with E-state index in [1.165, 1.54) is 27.0 Å². The van der Waals surface area contributed by atoms with Crippen LogP contribution in [0.3, 0.4) is 0 Å². The van der Waals surface area contributed by atoms with Crippen molar-refractivity contribution < 1.29 is 5.11 Å². The summed E-state index contributed by atoms with van der Waals surface area (Å²) in [6, 6.07) is 49.3. The van der Waals surface area contributed by atoms with Gasteiger partial charge in [0.2, 0.25) is 0 Å². The largest absolute Gasteiger partial charge is 0.508 e. The summed E-state index contributed by atoms with van der Waals surface area (Å²) in [4.78, 5) is 0. The van der Waals surface area contributed by atoms with Gasteiger partial charge in [-0.15, -0.1) is 0 Å². The van der Waals surface area contributed by atoms with E-state index in [9.17, 15) is 5.11 Å². The van der Waals surface area contributed by atoms with Gasteiger partial charge in [0.05, 0.1) is 6.16 Å². The van der Waals surface area contributed by atoms with Gasteiger partial charge in [-0.25, -0.2) is 0 Å². The molecule has 0 aliphatic carbocycles. The third kappa shape index (κ3) is 4.40. The molecule has 0 aromatic heterocycles. The van der Waals surface area contributed by atoms with Gasteiger partial charge in [0, 0.05) is 6.42 Å². The van der Waals surface area contributed by atoms with Gasteiger partial charge in [-0.05, 0) is 53.1 Å². The SMILES string of the molecule is Oc1ccccc1Cc1ccccc1[P+](Cc1ccccc1)(c1ccccc1)c1ccccc1. The zero-order valence-corrected chi connectivity index (χ0v) is 20.0. The Morgan fingerprint density at radius 3 is 1.53 bits per heavy atom. The minimum absolute atomic E-state index is 0.351. The van der Waals surface area contributed by atoms with E-state index in [4.69, 9.17) is 0 Å². The monoisotopic (exact) mass is 459 g/mol. The Kier molecular flexibility index (Phi) is 6.56. The van der Waals surface area contributed by atoms with Crippen molar-refractivity contribution in [1.29, 1.82) is 0 Å². The number of hydrogen-bond acceptors (Lipinski definition) is 1. The second-order valence-electron chi connectivity index (χ2n) is 8.56. The summed E-state index contributed by atoms with van der Waals surface area (Å²) in [7, 11) is -2.05. The normalized spacial score (nSPS) is 11.3. The van der Waals surface area contributed by atoms with Gasteiger partial charge in [0.25, 0.3) is 0 Å². The van der Waals surface area contributed by atoms with E-state index < -0.39 is 7.26 Å². The Labute approximate surface area is 202 Å². The van der Waals surface area contributed by atoms with Crippen LogP contribution in [0.5, 0.6) is 5.75 Å². The van der Waals surface area contributed by atoms with Crippen LogP contribution in [0.2, 0.25) is 0 Å². The molecule has 5 aromatic carbocycles. The van der Waals surface area contributed by atoms with E-state index >= 15 is 0 Å². The molecule has 1 N–H and O–H groups in total. The number of aromatic hydroxyl groups is 1. The van der Waals surface area contributed by atoms with Crippen LogP contribution in [-0.4, -0.2) is 5.11 Å². The van der Waals surface area contributed by atoms with E-state index in [1.54, 1.807) is 6.07 Å². The standard InChI is InChI=1S/C32H27OP/c33-31-22-12-10-16-27(31)24-28-17-11-13-23-32(28)34(29-18-6-2-7-19-29,30-20-8-3-9-21-30)25-26-14-4-1-5-15-26/h1-23H,24-25H2/p+1. The quantitative estimate of drug-likeness (QED) is 0.276. The van der Waals surface area contributed by atoms with E-state index in [1.807, 2.05) is 18.2 Å². The van der Waals surface area contributed by atoms with Gasteiger partial charge in [0.1, 0.15) is 28.9 Å². The maximum Gasteiger partial charge on any atom is 0.119 e. The average molecular weight is 460 g/mol. The zero-order valence-electron chi connectivity index (χ0n) is 19.1. The molecule has 5 rings (SSSR count). The number of phenols is 1. The molecule has 34 heavy (non-hydrogen) atoms. The van der Waals surface area contributed by atoms with Crippen LogP contribution in [0, 0.1) is 0 Å². The van der Waals surface area contributed by atoms with Crippen molar-refractivity contribution >= 4 is 23.2 Å². The van der Waals surface area contributed by atoms with Crippen molar-refractivity contribution in [3.63, 3.8) is 0 Å². The summed E-state index contributed by atoms with van der Waals surface area (Å²) >= 11 is 0.